The van der Waals surface area contributed by atoms with Gasteiger partial charge in [0.05, 0.1) is 12.2 Å². The van der Waals surface area contributed by atoms with Crippen LogP contribution >= 0.6 is 11.8 Å². The van der Waals surface area contributed by atoms with Gasteiger partial charge in [-0.05, 0) is 37.6 Å². The molecule has 0 saturated carbocycles. The molecular weight excluding hydrogens is 387 g/mol. The molecule has 1 amide bonds. The maximum absolute atomic E-state index is 13.5. The number of carbonyl (C=O) groups excluding carboxylic acids is 1. The van der Waals surface area contributed by atoms with E-state index in [4.69, 9.17) is 4.74 Å². The van der Waals surface area contributed by atoms with Gasteiger partial charge in [0.1, 0.15) is 12.4 Å². The topological polar surface area (TPSA) is 34.5 Å². The van der Waals surface area contributed by atoms with Gasteiger partial charge in [-0.1, -0.05) is 30.3 Å². The number of rotatable bonds is 5. The fourth-order valence-corrected chi connectivity index (χ4v) is 4.91. The second-order valence-electron chi connectivity index (χ2n) is 7.61. The van der Waals surface area contributed by atoms with E-state index in [1.54, 1.807) is 23.9 Å². The van der Waals surface area contributed by atoms with Crippen LogP contribution in [0.5, 0.6) is 0 Å². The highest BCUT2D eigenvalue weighted by Crippen LogP contribution is 2.32. The van der Waals surface area contributed by atoms with Crippen LogP contribution in [0.15, 0.2) is 59.6 Å². The molecule has 4 rings (SSSR count). The quantitative estimate of drug-likeness (QED) is 0.569. The van der Waals surface area contributed by atoms with Crippen LogP contribution in [-0.2, 0) is 21.8 Å². The molecule has 29 heavy (non-hydrogen) atoms. The van der Waals surface area contributed by atoms with E-state index < -0.39 is 0 Å². The summed E-state index contributed by atoms with van der Waals surface area (Å²) in [7, 11) is 0. The van der Waals surface area contributed by atoms with E-state index in [-0.39, 0.29) is 23.9 Å². The summed E-state index contributed by atoms with van der Waals surface area (Å²) in [4.78, 5) is 15.9. The zero-order valence-electron chi connectivity index (χ0n) is 16.7. The molecule has 1 aromatic heterocycles. The molecule has 0 bridgehead atoms. The van der Waals surface area contributed by atoms with E-state index in [1.165, 1.54) is 6.07 Å². The first-order valence-electron chi connectivity index (χ1n) is 9.88. The average molecular weight is 413 g/mol. The van der Waals surface area contributed by atoms with Crippen LogP contribution in [0, 0.1) is 5.82 Å². The van der Waals surface area contributed by atoms with Crippen molar-refractivity contribution in [3.8, 4) is 0 Å². The number of aromatic nitrogens is 1. The van der Waals surface area contributed by atoms with Crippen LogP contribution in [-0.4, -0.2) is 40.7 Å². The van der Waals surface area contributed by atoms with Gasteiger partial charge in [0.2, 0.25) is 5.91 Å². The van der Waals surface area contributed by atoms with Crippen molar-refractivity contribution in [3.63, 3.8) is 0 Å². The Hall–Kier alpha value is -2.31. The Bertz CT molecular complexity index is 1010. The molecule has 152 valence electrons. The highest BCUT2D eigenvalue weighted by atomic mass is 32.2. The Kier molecular flexibility index (Phi) is 5.92. The van der Waals surface area contributed by atoms with Crippen molar-refractivity contribution in [2.75, 3.05) is 13.1 Å². The summed E-state index contributed by atoms with van der Waals surface area (Å²) in [6.07, 6.45) is 2.16. The van der Waals surface area contributed by atoms with Crippen molar-refractivity contribution in [1.82, 2.24) is 9.47 Å². The Balaban J connectivity index is 1.53. The van der Waals surface area contributed by atoms with Crippen molar-refractivity contribution in [2.45, 2.75) is 43.2 Å². The van der Waals surface area contributed by atoms with Gasteiger partial charge >= 0.3 is 0 Å². The molecule has 4 nitrogen and oxygen atoms in total. The molecule has 1 saturated heterocycles. The van der Waals surface area contributed by atoms with Crippen LogP contribution in [0.3, 0.4) is 0 Å². The first-order chi connectivity index (χ1) is 14.0. The van der Waals surface area contributed by atoms with E-state index >= 15 is 0 Å². The number of ether oxygens (including phenoxy) is 1. The van der Waals surface area contributed by atoms with Gasteiger partial charge in [-0.2, -0.15) is 0 Å². The molecule has 2 aromatic carbocycles. The summed E-state index contributed by atoms with van der Waals surface area (Å²) in [6.45, 7) is 5.57. The van der Waals surface area contributed by atoms with Crippen molar-refractivity contribution in [1.29, 1.82) is 0 Å². The molecule has 6 heteroatoms. The third-order valence-corrected chi connectivity index (χ3v) is 6.23. The minimum Gasteiger partial charge on any atom is -0.372 e. The number of carbonyl (C=O) groups is 1. The normalized spacial score (nSPS) is 19.6. The number of amides is 1. The van der Waals surface area contributed by atoms with Crippen LogP contribution < -0.4 is 0 Å². The number of hydrogen-bond acceptors (Lipinski definition) is 3. The number of para-hydroxylation sites is 1. The molecule has 0 radical (unpaired) electrons. The molecule has 0 spiro atoms. The van der Waals surface area contributed by atoms with Crippen molar-refractivity contribution in [3.05, 3.63) is 66.1 Å². The minimum absolute atomic E-state index is 0.0569. The zero-order valence-corrected chi connectivity index (χ0v) is 17.5. The Morgan fingerprint density at radius 2 is 1.90 bits per heavy atom. The molecule has 0 N–H and O–H groups in total. The van der Waals surface area contributed by atoms with Crippen LogP contribution in [0.4, 0.5) is 4.39 Å². The minimum atomic E-state index is -0.218. The second-order valence-corrected chi connectivity index (χ2v) is 8.63. The Morgan fingerprint density at radius 3 is 2.66 bits per heavy atom. The lowest BCUT2D eigenvalue weighted by atomic mass is 10.2. The number of halogens is 1. The molecule has 3 aromatic rings. The Labute approximate surface area is 174 Å². The van der Waals surface area contributed by atoms with Crippen molar-refractivity contribution in [2.24, 2.45) is 0 Å². The lowest BCUT2D eigenvalue weighted by Gasteiger charge is -2.35. The zero-order chi connectivity index (χ0) is 20.4. The monoisotopic (exact) mass is 412 g/mol. The van der Waals surface area contributed by atoms with E-state index in [0.29, 0.717) is 25.4 Å². The summed E-state index contributed by atoms with van der Waals surface area (Å²) in [5.41, 5.74) is 1.98. The van der Waals surface area contributed by atoms with Crippen LogP contribution in [0.2, 0.25) is 0 Å². The number of hydrogen-bond donors (Lipinski definition) is 0. The summed E-state index contributed by atoms with van der Waals surface area (Å²) in [5, 5.41) is 1.12. The largest absolute Gasteiger partial charge is 0.372 e. The van der Waals surface area contributed by atoms with Crippen LogP contribution in [0.1, 0.15) is 19.4 Å². The number of benzene rings is 2. The maximum Gasteiger partial charge on any atom is 0.242 e. The molecule has 0 unspecified atom stereocenters. The predicted molar refractivity (Wildman–Crippen MR) is 114 cm³/mol. The molecular formula is C23H25FN2O2S. The van der Waals surface area contributed by atoms with Gasteiger partial charge in [-0.15, -0.1) is 11.8 Å². The van der Waals surface area contributed by atoms with E-state index in [0.717, 1.165) is 21.4 Å². The smallest absolute Gasteiger partial charge is 0.242 e. The van der Waals surface area contributed by atoms with Gasteiger partial charge in [0.15, 0.2) is 0 Å². The second kappa shape index (κ2) is 8.59. The first kappa shape index (κ1) is 20.0. The third kappa shape index (κ3) is 4.65. The molecule has 1 aliphatic heterocycles. The van der Waals surface area contributed by atoms with Gasteiger partial charge in [-0.3, -0.25) is 4.79 Å². The van der Waals surface area contributed by atoms with E-state index in [2.05, 4.69) is 6.07 Å². The summed E-state index contributed by atoms with van der Waals surface area (Å²) >= 11 is 1.66. The number of thioether (sulfide) groups is 1. The average Bonchev–Trinajstić information content (AvgIpc) is 3.03. The summed E-state index contributed by atoms with van der Waals surface area (Å²) in [6, 6.07) is 14.8. The van der Waals surface area contributed by atoms with Crippen LogP contribution in [0.25, 0.3) is 10.9 Å². The lowest BCUT2D eigenvalue weighted by molar-refractivity contribution is -0.143. The van der Waals surface area contributed by atoms with Gasteiger partial charge in [0.25, 0.3) is 0 Å². The van der Waals surface area contributed by atoms with Crippen molar-refractivity contribution >= 4 is 28.6 Å². The number of fused-ring (bicyclic) bond motifs is 1. The molecule has 1 fully saturated rings. The Morgan fingerprint density at radius 1 is 1.14 bits per heavy atom. The third-order valence-electron chi connectivity index (χ3n) is 5.11. The standard InChI is InChI=1S/C23H25FN2O2S/c1-16-11-26(12-17(2)28-16)23(27)14-25-13-22(20-8-3-4-9-21(20)25)29-15-18-6-5-7-19(24)10-18/h3-10,13,16-17H,11-12,14-15H2,1-2H3/t16-,17+. The fraction of sp³-hybridized carbons (Fsp3) is 0.348. The highest BCUT2D eigenvalue weighted by Gasteiger charge is 2.26. The van der Waals surface area contributed by atoms with E-state index in [9.17, 15) is 9.18 Å². The number of morpholine rings is 1. The highest BCUT2D eigenvalue weighted by molar-refractivity contribution is 7.98. The molecule has 2 atom stereocenters. The molecule has 0 aliphatic carbocycles. The summed E-state index contributed by atoms with van der Waals surface area (Å²) in [5.74, 6) is 0.567. The van der Waals surface area contributed by atoms with Gasteiger partial charge in [0, 0.05) is 40.8 Å². The lowest BCUT2D eigenvalue weighted by Crippen LogP contribution is -2.49. The SMILES string of the molecule is C[C@@H]1CN(C(=O)Cn2cc(SCc3cccc(F)c3)c3ccccc32)C[C@H](C)O1. The fourth-order valence-electron chi connectivity index (χ4n) is 3.87. The maximum atomic E-state index is 13.5. The molecule has 1 aliphatic rings. The molecule has 2 heterocycles. The first-order valence-corrected chi connectivity index (χ1v) is 10.9. The van der Waals surface area contributed by atoms with Gasteiger partial charge < -0.3 is 14.2 Å². The summed E-state index contributed by atoms with van der Waals surface area (Å²) < 4.78 is 21.2. The number of nitrogens with zero attached hydrogens (tertiary/aromatic N) is 2. The van der Waals surface area contributed by atoms with Gasteiger partial charge in [-0.25, -0.2) is 4.39 Å². The van der Waals surface area contributed by atoms with Crippen molar-refractivity contribution < 1.29 is 13.9 Å². The van der Waals surface area contributed by atoms with E-state index in [1.807, 2.05) is 53.8 Å². The predicted octanol–water partition coefficient (Wildman–Crippen LogP) is 4.71.